The molecule has 4 heteroatoms. The highest BCUT2D eigenvalue weighted by Crippen LogP contribution is 2.29. The Balaban J connectivity index is 0.000000275. The van der Waals surface area contributed by atoms with Crippen molar-refractivity contribution in [2.75, 3.05) is 32.7 Å². The minimum Gasteiger partial charge on any atom is -0.303 e. The lowest BCUT2D eigenvalue weighted by Gasteiger charge is -2.33. The SMILES string of the molecule is Fc1ccccc1F.c1ccc(CN2CC[C@@H](CN3CCC(c4ccccc4)CC3)C2)cc1. The van der Waals surface area contributed by atoms with E-state index in [0.717, 1.165) is 30.5 Å². The van der Waals surface area contributed by atoms with Crippen LogP contribution in [0.5, 0.6) is 0 Å². The topological polar surface area (TPSA) is 6.48 Å². The van der Waals surface area contributed by atoms with Gasteiger partial charge in [-0.3, -0.25) is 4.90 Å². The summed E-state index contributed by atoms with van der Waals surface area (Å²) < 4.78 is 23.9. The number of rotatable bonds is 5. The van der Waals surface area contributed by atoms with Gasteiger partial charge in [-0.2, -0.15) is 0 Å². The number of hydrogen-bond donors (Lipinski definition) is 0. The van der Waals surface area contributed by atoms with Crippen LogP contribution in [0.15, 0.2) is 84.9 Å². The molecule has 2 nitrogen and oxygen atoms in total. The summed E-state index contributed by atoms with van der Waals surface area (Å²) in [5, 5.41) is 0. The van der Waals surface area contributed by atoms with E-state index in [1.807, 2.05) is 0 Å². The molecule has 0 spiro atoms. The maximum atomic E-state index is 11.9. The number of hydrogen-bond acceptors (Lipinski definition) is 2. The lowest BCUT2D eigenvalue weighted by Crippen LogP contribution is -2.37. The highest BCUT2D eigenvalue weighted by Gasteiger charge is 2.27. The summed E-state index contributed by atoms with van der Waals surface area (Å²) in [6.45, 7) is 7.50. The number of benzene rings is 3. The van der Waals surface area contributed by atoms with E-state index in [0.29, 0.717) is 0 Å². The van der Waals surface area contributed by atoms with Crippen LogP contribution in [0.25, 0.3) is 0 Å². The van der Waals surface area contributed by atoms with Crippen LogP contribution in [-0.4, -0.2) is 42.5 Å². The second-order valence-corrected chi connectivity index (χ2v) is 9.28. The average Bonchev–Trinajstić information content (AvgIpc) is 3.30. The van der Waals surface area contributed by atoms with Crippen LogP contribution in [0, 0.1) is 17.6 Å². The molecule has 0 radical (unpaired) electrons. The normalized spacial score (nSPS) is 19.8. The van der Waals surface area contributed by atoms with Crippen LogP contribution < -0.4 is 0 Å². The molecule has 0 unspecified atom stereocenters. The second kappa shape index (κ2) is 12.1. The molecule has 0 N–H and O–H groups in total. The zero-order valence-electron chi connectivity index (χ0n) is 19.3. The number of likely N-dealkylation sites (tertiary alicyclic amines) is 2. The fraction of sp³-hybridized carbons (Fsp3) is 0.379. The molecule has 0 saturated carbocycles. The Labute approximate surface area is 196 Å². The van der Waals surface area contributed by atoms with Crippen LogP contribution >= 0.6 is 0 Å². The van der Waals surface area contributed by atoms with E-state index in [1.165, 1.54) is 75.2 Å². The van der Waals surface area contributed by atoms with E-state index in [9.17, 15) is 8.78 Å². The third-order valence-electron chi connectivity index (χ3n) is 6.82. The largest absolute Gasteiger partial charge is 0.303 e. The van der Waals surface area contributed by atoms with Gasteiger partial charge >= 0.3 is 0 Å². The minimum atomic E-state index is -0.799. The van der Waals surface area contributed by atoms with Gasteiger partial charge in [-0.05, 0) is 74.0 Å². The van der Waals surface area contributed by atoms with Crippen molar-refractivity contribution in [3.63, 3.8) is 0 Å². The first kappa shape index (κ1) is 23.6. The molecule has 0 bridgehead atoms. The van der Waals surface area contributed by atoms with Gasteiger partial charge in [-0.15, -0.1) is 0 Å². The highest BCUT2D eigenvalue weighted by molar-refractivity contribution is 5.20. The molecule has 1 atom stereocenters. The van der Waals surface area contributed by atoms with Crippen LogP contribution in [0.2, 0.25) is 0 Å². The lowest BCUT2D eigenvalue weighted by atomic mass is 9.89. The van der Waals surface area contributed by atoms with E-state index in [1.54, 1.807) is 0 Å². The van der Waals surface area contributed by atoms with E-state index >= 15 is 0 Å². The molecule has 174 valence electrons. The van der Waals surface area contributed by atoms with Crippen LogP contribution in [0.1, 0.15) is 36.3 Å². The molecule has 0 aliphatic carbocycles. The van der Waals surface area contributed by atoms with Crippen molar-refractivity contribution in [3.05, 3.63) is 108 Å². The molecule has 0 amide bonds. The Morgan fingerprint density at radius 3 is 1.79 bits per heavy atom. The van der Waals surface area contributed by atoms with Gasteiger partial charge in [0.15, 0.2) is 11.6 Å². The first-order chi connectivity index (χ1) is 16.2. The Morgan fingerprint density at radius 2 is 1.18 bits per heavy atom. The van der Waals surface area contributed by atoms with Gasteiger partial charge in [-0.25, -0.2) is 8.78 Å². The third-order valence-corrected chi connectivity index (χ3v) is 6.82. The molecule has 2 saturated heterocycles. The van der Waals surface area contributed by atoms with Gasteiger partial charge in [0.25, 0.3) is 0 Å². The standard InChI is InChI=1S/C23H30N2.C6H4F2/c1-3-7-20(8-4-1)17-25-14-11-21(19-25)18-24-15-12-23(13-16-24)22-9-5-2-6-10-22;7-5-3-1-2-4-6(5)8/h1-10,21,23H,11-19H2;1-4H/t21-;/m0./s1. The molecular weight excluding hydrogens is 414 g/mol. The van der Waals surface area contributed by atoms with Crippen LogP contribution in [-0.2, 0) is 6.54 Å². The molecule has 3 aromatic carbocycles. The first-order valence-electron chi connectivity index (χ1n) is 12.1. The smallest absolute Gasteiger partial charge is 0.158 e. The molecule has 3 aromatic rings. The predicted molar refractivity (Wildman–Crippen MR) is 131 cm³/mol. The Kier molecular flexibility index (Phi) is 8.62. The van der Waals surface area contributed by atoms with Gasteiger partial charge in [0.1, 0.15) is 0 Å². The summed E-state index contributed by atoms with van der Waals surface area (Å²) in [5.74, 6) is 0.0348. The van der Waals surface area contributed by atoms with Crippen molar-refractivity contribution in [1.29, 1.82) is 0 Å². The fourth-order valence-electron chi connectivity index (χ4n) is 5.03. The minimum absolute atomic E-state index is 0.774. The highest BCUT2D eigenvalue weighted by atomic mass is 19.2. The molecule has 33 heavy (non-hydrogen) atoms. The van der Waals surface area contributed by atoms with Gasteiger partial charge in [0.2, 0.25) is 0 Å². The van der Waals surface area contributed by atoms with E-state index in [2.05, 4.69) is 70.5 Å². The molecule has 5 rings (SSSR count). The summed E-state index contributed by atoms with van der Waals surface area (Å²) in [5.41, 5.74) is 2.99. The van der Waals surface area contributed by atoms with Crippen LogP contribution in [0.4, 0.5) is 8.78 Å². The maximum Gasteiger partial charge on any atom is 0.158 e. The van der Waals surface area contributed by atoms with Gasteiger partial charge in [0.05, 0.1) is 0 Å². The van der Waals surface area contributed by atoms with E-state index in [4.69, 9.17) is 0 Å². The molecule has 2 aliphatic rings. The predicted octanol–water partition coefficient (Wildman–Crippen LogP) is 6.35. The van der Waals surface area contributed by atoms with Gasteiger partial charge < -0.3 is 4.90 Å². The number of piperidine rings is 1. The van der Waals surface area contributed by atoms with Crippen molar-refractivity contribution in [2.24, 2.45) is 5.92 Å². The summed E-state index contributed by atoms with van der Waals surface area (Å²) in [7, 11) is 0. The number of nitrogens with zero attached hydrogens (tertiary/aromatic N) is 2. The molecule has 2 heterocycles. The quantitative estimate of drug-likeness (QED) is 0.449. The molecular formula is C29H34F2N2. The molecule has 2 fully saturated rings. The summed E-state index contributed by atoms with van der Waals surface area (Å²) in [6, 6.07) is 27.1. The van der Waals surface area contributed by atoms with Gasteiger partial charge in [0, 0.05) is 19.6 Å². The van der Waals surface area contributed by atoms with Gasteiger partial charge in [-0.1, -0.05) is 72.8 Å². The van der Waals surface area contributed by atoms with Crippen molar-refractivity contribution in [3.8, 4) is 0 Å². The Bertz CT molecular complexity index is 935. The average molecular weight is 449 g/mol. The number of halogens is 2. The molecule has 0 aromatic heterocycles. The molecule has 2 aliphatic heterocycles. The third kappa shape index (κ3) is 7.21. The van der Waals surface area contributed by atoms with E-state index in [-0.39, 0.29) is 0 Å². The first-order valence-corrected chi connectivity index (χ1v) is 12.1. The maximum absolute atomic E-state index is 11.9. The zero-order chi connectivity index (χ0) is 22.9. The summed E-state index contributed by atoms with van der Waals surface area (Å²) >= 11 is 0. The van der Waals surface area contributed by atoms with Crippen molar-refractivity contribution in [2.45, 2.75) is 31.7 Å². The van der Waals surface area contributed by atoms with Crippen LogP contribution in [0.3, 0.4) is 0 Å². The summed E-state index contributed by atoms with van der Waals surface area (Å²) in [6.07, 6.45) is 4.01. The van der Waals surface area contributed by atoms with Crippen molar-refractivity contribution < 1.29 is 8.78 Å². The monoisotopic (exact) mass is 448 g/mol. The fourth-order valence-corrected chi connectivity index (χ4v) is 5.03. The zero-order valence-corrected chi connectivity index (χ0v) is 19.3. The second-order valence-electron chi connectivity index (χ2n) is 9.28. The lowest BCUT2D eigenvalue weighted by molar-refractivity contribution is 0.181. The Hall–Kier alpha value is -2.56. The summed E-state index contributed by atoms with van der Waals surface area (Å²) in [4.78, 5) is 5.35. The van der Waals surface area contributed by atoms with Crippen molar-refractivity contribution in [1.82, 2.24) is 9.80 Å². The Morgan fingerprint density at radius 1 is 0.636 bits per heavy atom. The van der Waals surface area contributed by atoms with Crippen molar-refractivity contribution >= 4 is 0 Å². The van der Waals surface area contributed by atoms with E-state index < -0.39 is 11.6 Å².